The number of ketones is 1. The van der Waals surface area contributed by atoms with Gasteiger partial charge in [-0.1, -0.05) is 6.07 Å². The highest BCUT2D eigenvalue weighted by Gasteiger charge is 2.60. The van der Waals surface area contributed by atoms with Crippen LogP contribution in [0, 0.1) is 23.7 Å². The van der Waals surface area contributed by atoms with Gasteiger partial charge in [-0.15, -0.1) is 0 Å². The second-order valence-electron chi connectivity index (χ2n) is 9.08. The van der Waals surface area contributed by atoms with Crippen molar-refractivity contribution < 1.29 is 19.5 Å². The van der Waals surface area contributed by atoms with Crippen LogP contribution in [0.1, 0.15) is 19.3 Å². The maximum Gasteiger partial charge on any atom is 0.233 e. The highest BCUT2D eigenvalue weighted by Crippen LogP contribution is 2.51. The maximum atomic E-state index is 12.9. The van der Waals surface area contributed by atoms with Crippen molar-refractivity contribution in [3.63, 3.8) is 0 Å². The lowest BCUT2D eigenvalue weighted by Gasteiger charge is -2.41. The Morgan fingerprint density at radius 1 is 1.00 bits per heavy atom. The van der Waals surface area contributed by atoms with E-state index in [0.717, 1.165) is 44.8 Å². The molecule has 160 valence electrons. The topological polar surface area (TPSA) is 94.1 Å². The van der Waals surface area contributed by atoms with E-state index >= 15 is 0 Å². The number of hydrogen-bond acceptors (Lipinski definition) is 7. The Morgan fingerprint density at radius 3 is 2.47 bits per heavy atom. The molecule has 1 aromatic heterocycles. The summed E-state index contributed by atoms with van der Waals surface area (Å²) in [4.78, 5) is 48.1. The molecule has 8 nitrogen and oxygen atoms in total. The Morgan fingerprint density at radius 2 is 1.77 bits per heavy atom. The molecular weight excluding hydrogens is 384 g/mol. The molecule has 1 aromatic rings. The number of imide groups is 1. The van der Waals surface area contributed by atoms with Gasteiger partial charge in [-0.05, 0) is 30.9 Å². The molecule has 3 saturated carbocycles. The first-order valence-electron chi connectivity index (χ1n) is 11.0. The minimum absolute atomic E-state index is 0.00534. The van der Waals surface area contributed by atoms with Gasteiger partial charge in [-0.3, -0.25) is 24.2 Å². The van der Waals surface area contributed by atoms with E-state index in [-0.39, 0.29) is 41.9 Å². The Balaban J connectivity index is 1.17. The first-order chi connectivity index (χ1) is 14.5. The molecule has 5 aliphatic rings. The van der Waals surface area contributed by atoms with Crippen LogP contribution in [0.25, 0.3) is 0 Å². The molecule has 5 atom stereocenters. The zero-order chi connectivity index (χ0) is 20.8. The first kappa shape index (κ1) is 19.6. The molecule has 5 unspecified atom stereocenters. The minimum atomic E-state index is -0.784. The van der Waals surface area contributed by atoms with Crippen LogP contribution in [0.4, 0.5) is 5.82 Å². The number of rotatable bonds is 5. The average Bonchev–Trinajstić information content (AvgIpc) is 3.02. The number of amides is 2. The van der Waals surface area contributed by atoms with Crippen LogP contribution in [-0.2, 0) is 14.4 Å². The normalized spacial score (nSPS) is 32.6. The lowest BCUT2D eigenvalue weighted by atomic mass is 9.59. The summed E-state index contributed by atoms with van der Waals surface area (Å²) in [5, 5.41) is 10.6. The quantitative estimate of drug-likeness (QED) is 0.689. The highest BCUT2D eigenvalue weighted by atomic mass is 16.3. The smallest absolute Gasteiger partial charge is 0.233 e. The molecule has 8 heteroatoms. The molecule has 2 bridgehead atoms. The van der Waals surface area contributed by atoms with Crippen LogP contribution in [0.2, 0.25) is 0 Å². The van der Waals surface area contributed by atoms with Crippen LogP contribution in [0.3, 0.4) is 0 Å². The number of likely N-dealkylation sites (tertiary alicyclic amines) is 1. The van der Waals surface area contributed by atoms with Crippen LogP contribution in [-0.4, -0.2) is 82.9 Å². The number of aliphatic hydroxyl groups excluding tert-OH is 1. The SMILES string of the molecule is O=C1CC2CCC1C1C(=O)N(CC(O)CN3CCN(c4ccccn4)CC3)C(=O)C21. The molecule has 6 rings (SSSR count). The summed E-state index contributed by atoms with van der Waals surface area (Å²) in [6.07, 6.45) is 3.01. The lowest BCUT2D eigenvalue weighted by Crippen LogP contribution is -2.50. The molecule has 0 spiro atoms. The Labute approximate surface area is 175 Å². The second kappa shape index (κ2) is 7.74. The summed E-state index contributed by atoms with van der Waals surface area (Å²) < 4.78 is 0. The summed E-state index contributed by atoms with van der Waals surface area (Å²) in [7, 11) is 0. The summed E-state index contributed by atoms with van der Waals surface area (Å²) in [6.45, 7) is 3.67. The molecule has 3 aliphatic carbocycles. The third-order valence-corrected chi connectivity index (χ3v) is 7.36. The monoisotopic (exact) mass is 412 g/mol. The molecule has 5 fully saturated rings. The van der Waals surface area contributed by atoms with Gasteiger partial charge in [-0.2, -0.15) is 0 Å². The molecule has 0 radical (unpaired) electrons. The van der Waals surface area contributed by atoms with Crippen LogP contribution in [0.5, 0.6) is 0 Å². The fourth-order valence-corrected chi connectivity index (χ4v) is 5.89. The predicted molar refractivity (Wildman–Crippen MR) is 108 cm³/mol. The maximum absolute atomic E-state index is 12.9. The number of piperazine rings is 1. The lowest BCUT2D eigenvalue weighted by molar-refractivity contribution is -0.144. The standard InChI is InChI=1S/C22H28N4O4/c27-15(12-24-7-9-25(10-8-24)18-3-1-2-6-23-18)13-26-21(29)19-14-4-5-16(17(28)11-14)20(19)22(26)30/h1-3,6,14-16,19-20,27H,4-5,7-13H2. The van der Waals surface area contributed by atoms with E-state index in [1.807, 2.05) is 18.2 Å². The summed E-state index contributed by atoms with van der Waals surface area (Å²) >= 11 is 0. The summed E-state index contributed by atoms with van der Waals surface area (Å²) in [5.41, 5.74) is 0. The second-order valence-corrected chi connectivity index (χ2v) is 9.08. The third kappa shape index (κ3) is 3.32. The van der Waals surface area contributed by atoms with Gasteiger partial charge in [-0.25, -0.2) is 4.98 Å². The van der Waals surface area contributed by atoms with Crippen LogP contribution < -0.4 is 4.90 Å². The number of anilines is 1. The van der Waals surface area contributed by atoms with Crippen molar-refractivity contribution in [1.29, 1.82) is 0 Å². The number of Topliss-reactive ketones (excluding diaryl/α,β-unsaturated/α-hetero) is 1. The molecular formula is C22H28N4O4. The van der Waals surface area contributed by atoms with E-state index in [0.29, 0.717) is 13.0 Å². The molecule has 2 saturated heterocycles. The number of carbonyl (C=O) groups excluding carboxylic acids is 3. The Bertz CT molecular complexity index is 839. The zero-order valence-electron chi connectivity index (χ0n) is 17.0. The van der Waals surface area contributed by atoms with Crippen molar-refractivity contribution in [2.24, 2.45) is 23.7 Å². The van der Waals surface area contributed by atoms with Crippen LogP contribution >= 0.6 is 0 Å². The van der Waals surface area contributed by atoms with Crippen LogP contribution in [0.15, 0.2) is 24.4 Å². The summed E-state index contributed by atoms with van der Waals surface area (Å²) in [5.74, 6) is -0.434. The zero-order valence-corrected chi connectivity index (χ0v) is 17.0. The van der Waals surface area contributed by atoms with Crippen molar-refractivity contribution in [3.05, 3.63) is 24.4 Å². The number of hydrogen-bond donors (Lipinski definition) is 1. The number of carbonyl (C=O) groups is 3. The third-order valence-electron chi connectivity index (χ3n) is 7.36. The molecule has 2 aliphatic heterocycles. The van der Waals surface area contributed by atoms with E-state index in [1.54, 1.807) is 6.20 Å². The van der Waals surface area contributed by atoms with Crippen molar-refractivity contribution in [3.8, 4) is 0 Å². The number of β-amino-alcohol motifs (C(OH)–C–C–N with tert-alkyl or cyclic N) is 1. The molecule has 30 heavy (non-hydrogen) atoms. The molecule has 3 heterocycles. The first-order valence-corrected chi connectivity index (χ1v) is 11.0. The largest absolute Gasteiger partial charge is 0.390 e. The summed E-state index contributed by atoms with van der Waals surface area (Å²) in [6, 6.07) is 5.86. The van der Waals surface area contributed by atoms with Gasteiger partial charge in [0.25, 0.3) is 0 Å². The number of pyridine rings is 1. The Hall–Kier alpha value is -2.32. The van der Waals surface area contributed by atoms with E-state index in [4.69, 9.17) is 0 Å². The fourth-order valence-electron chi connectivity index (χ4n) is 5.89. The highest BCUT2D eigenvalue weighted by molar-refractivity contribution is 6.08. The number of aliphatic hydroxyl groups is 1. The van der Waals surface area contributed by atoms with E-state index in [1.165, 1.54) is 4.90 Å². The van der Waals surface area contributed by atoms with Crippen molar-refractivity contribution in [2.45, 2.75) is 25.4 Å². The number of fused-ring (bicyclic) bond motifs is 2. The molecule has 2 amide bonds. The van der Waals surface area contributed by atoms with Gasteiger partial charge in [0.15, 0.2) is 0 Å². The van der Waals surface area contributed by atoms with Gasteiger partial charge >= 0.3 is 0 Å². The molecule has 1 N–H and O–H groups in total. The predicted octanol–water partition coefficient (Wildman–Crippen LogP) is 0.165. The van der Waals surface area contributed by atoms with Gasteiger partial charge < -0.3 is 10.0 Å². The number of nitrogens with zero attached hydrogens (tertiary/aromatic N) is 4. The minimum Gasteiger partial charge on any atom is -0.390 e. The van der Waals surface area contributed by atoms with Gasteiger partial charge in [0.1, 0.15) is 11.6 Å². The average molecular weight is 412 g/mol. The van der Waals surface area contributed by atoms with Gasteiger partial charge in [0.05, 0.1) is 24.5 Å². The van der Waals surface area contributed by atoms with E-state index in [2.05, 4.69) is 14.8 Å². The number of aromatic nitrogens is 1. The van der Waals surface area contributed by atoms with E-state index < -0.39 is 12.0 Å². The van der Waals surface area contributed by atoms with Crippen molar-refractivity contribution in [1.82, 2.24) is 14.8 Å². The van der Waals surface area contributed by atoms with Crippen molar-refractivity contribution >= 4 is 23.4 Å². The van der Waals surface area contributed by atoms with E-state index in [9.17, 15) is 19.5 Å². The van der Waals surface area contributed by atoms with Gasteiger partial charge in [0.2, 0.25) is 11.8 Å². The Kier molecular flexibility index (Phi) is 5.06. The fraction of sp³-hybridized carbons (Fsp3) is 0.636. The van der Waals surface area contributed by atoms with Crippen molar-refractivity contribution in [2.75, 3.05) is 44.2 Å². The van der Waals surface area contributed by atoms with Gasteiger partial charge in [0, 0.05) is 51.3 Å². The molecule has 0 aromatic carbocycles.